The summed E-state index contributed by atoms with van der Waals surface area (Å²) < 4.78 is 7.69. The number of imidazole rings is 1. The second kappa shape index (κ2) is 10.2. The lowest BCUT2D eigenvalue weighted by Gasteiger charge is -2.17. The van der Waals surface area contributed by atoms with Gasteiger partial charge in [0, 0.05) is 54.4 Å². The van der Waals surface area contributed by atoms with Crippen LogP contribution in [0.15, 0.2) is 61.1 Å². The number of ether oxygens (including phenoxy) is 1. The van der Waals surface area contributed by atoms with E-state index in [0.29, 0.717) is 41.5 Å². The van der Waals surface area contributed by atoms with Gasteiger partial charge < -0.3 is 14.5 Å². The first-order chi connectivity index (χ1) is 21.4. The summed E-state index contributed by atoms with van der Waals surface area (Å²) in [5.41, 5.74) is 6.27. The van der Waals surface area contributed by atoms with Crippen LogP contribution < -0.4 is 15.0 Å². The Morgan fingerprint density at radius 1 is 1.05 bits per heavy atom. The molecule has 3 aliphatic rings. The topological polar surface area (TPSA) is 105 Å². The van der Waals surface area contributed by atoms with Crippen LogP contribution in [-0.2, 0) is 11.3 Å². The largest absolute Gasteiger partial charge is 0.496 e. The van der Waals surface area contributed by atoms with Gasteiger partial charge in [-0.25, -0.2) is 14.8 Å². The highest BCUT2D eigenvalue weighted by molar-refractivity contribution is 6.30. The second-order valence-corrected chi connectivity index (χ2v) is 12.3. The molecule has 1 saturated heterocycles. The summed E-state index contributed by atoms with van der Waals surface area (Å²) in [5, 5.41) is 4.99. The highest BCUT2D eigenvalue weighted by atomic mass is 35.5. The predicted octanol–water partition coefficient (Wildman–Crippen LogP) is 6.10. The maximum Gasteiger partial charge on any atom is 0.331 e. The Hall–Kier alpha value is -4.70. The Labute approximate surface area is 258 Å². The van der Waals surface area contributed by atoms with Gasteiger partial charge in [-0.3, -0.25) is 19.6 Å². The number of fused-ring (bicyclic) bond motifs is 2. The number of aromatic nitrogens is 4. The molecule has 0 spiro atoms. The Bertz CT molecular complexity index is 1990. The standard InChI is InChI=1S/C33H30ClN7O3/c1-39-31(42)17-41(33(39)43)28-9-20(18-6-7-18)15-40-16-22(37-32(28)40)13-35-30-12-27-25(14-36-30)29(44-2)11-26(38-27)24-10-23(24)19-4-3-5-21(34)8-19/h3-5,8-9,11-12,14-16,18,23-24H,6-7,10,13,17H2,1-2H3,(H,35,36)/t23-,24+/m1/s1. The van der Waals surface area contributed by atoms with Crippen LogP contribution in [0.1, 0.15) is 59.5 Å². The molecule has 5 heterocycles. The monoisotopic (exact) mass is 607 g/mol. The van der Waals surface area contributed by atoms with Gasteiger partial charge in [0.2, 0.25) is 5.91 Å². The minimum Gasteiger partial charge on any atom is -0.496 e. The van der Waals surface area contributed by atoms with Crippen molar-refractivity contribution in [3.8, 4) is 5.75 Å². The van der Waals surface area contributed by atoms with Gasteiger partial charge >= 0.3 is 6.03 Å². The molecule has 10 nitrogen and oxygen atoms in total. The Morgan fingerprint density at radius 3 is 2.66 bits per heavy atom. The van der Waals surface area contributed by atoms with E-state index >= 15 is 0 Å². The van der Waals surface area contributed by atoms with Crippen molar-refractivity contribution >= 4 is 51.6 Å². The quantitative estimate of drug-likeness (QED) is 0.213. The molecule has 1 N–H and O–H groups in total. The van der Waals surface area contributed by atoms with Crippen molar-refractivity contribution in [3.63, 3.8) is 0 Å². The fourth-order valence-corrected chi connectivity index (χ4v) is 6.43. The number of amides is 3. The Balaban J connectivity index is 1.06. The van der Waals surface area contributed by atoms with Gasteiger partial charge in [0.1, 0.15) is 18.1 Å². The fraction of sp³-hybridized carbons (Fsp3) is 0.303. The maximum absolute atomic E-state index is 12.9. The number of rotatable bonds is 8. The van der Waals surface area contributed by atoms with Crippen LogP contribution in [0.5, 0.6) is 5.75 Å². The molecule has 3 fully saturated rings. The molecular weight excluding hydrogens is 578 g/mol. The first kappa shape index (κ1) is 26.9. The molecule has 2 aliphatic carbocycles. The number of carbonyl (C=O) groups excluding carboxylic acids is 2. The third-order valence-corrected chi connectivity index (χ3v) is 9.16. The van der Waals surface area contributed by atoms with Crippen molar-refractivity contribution in [1.82, 2.24) is 24.3 Å². The summed E-state index contributed by atoms with van der Waals surface area (Å²) >= 11 is 6.24. The van der Waals surface area contributed by atoms with Crippen LogP contribution in [0.25, 0.3) is 16.6 Å². The summed E-state index contributed by atoms with van der Waals surface area (Å²) in [7, 11) is 3.18. The molecule has 0 bridgehead atoms. The van der Waals surface area contributed by atoms with Crippen LogP contribution in [0.4, 0.5) is 16.3 Å². The van der Waals surface area contributed by atoms with Crippen LogP contribution >= 0.6 is 11.6 Å². The number of imide groups is 1. The van der Waals surface area contributed by atoms with Gasteiger partial charge in [-0.2, -0.15) is 0 Å². The van der Waals surface area contributed by atoms with Crippen LogP contribution in [0, 0.1) is 0 Å². The summed E-state index contributed by atoms with van der Waals surface area (Å²) in [6.07, 6.45) is 9.09. The molecule has 11 heteroatoms. The number of urea groups is 1. The van der Waals surface area contributed by atoms with E-state index in [2.05, 4.69) is 22.6 Å². The first-order valence-electron chi connectivity index (χ1n) is 14.8. The average Bonchev–Trinajstić information content (AvgIpc) is 3.96. The van der Waals surface area contributed by atoms with Gasteiger partial charge in [-0.1, -0.05) is 23.7 Å². The van der Waals surface area contributed by atoms with Gasteiger partial charge in [0.25, 0.3) is 0 Å². The summed E-state index contributed by atoms with van der Waals surface area (Å²) in [5.74, 6) is 2.36. The van der Waals surface area contributed by atoms with Gasteiger partial charge in [-0.15, -0.1) is 0 Å². The fourth-order valence-electron chi connectivity index (χ4n) is 6.24. The molecular formula is C33H30ClN7O3. The van der Waals surface area contributed by atoms with E-state index in [1.807, 2.05) is 47.0 Å². The minimum atomic E-state index is -0.333. The zero-order chi connectivity index (χ0) is 30.1. The molecule has 1 aliphatic heterocycles. The number of methoxy groups -OCH3 is 1. The van der Waals surface area contributed by atoms with E-state index in [9.17, 15) is 9.59 Å². The molecule has 4 aromatic heterocycles. The molecule has 2 saturated carbocycles. The van der Waals surface area contributed by atoms with Crippen LogP contribution in [0.3, 0.4) is 0 Å². The molecule has 5 aromatic rings. The molecule has 44 heavy (non-hydrogen) atoms. The van der Waals surface area contributed by atoms with E-state index in [0.717, 1.165) is 62.8 Å². The predicted molar refractivity (Wildman–Crippen MR) is 168 cm³/mol. The van der Waals surface area contributed by atoms with E-state index < -0.39 is 0 Å². The molecule has 0 radical (unpaired) electrons. The van der Waals surface area contributed by atoms with Gasteiger partial charge in [0.05, 0.1) is 35.9 Å². The number of carbonyl (C=O) groups is 2. The van der Waals surface area contributed by atoms with Crippen molar-refractivity contribution < 1.29 is 14.3 Å². The smallest absolute Gasteiger partial charge is 0.331 e. The Morgan fingerprint density at radius 2 is 1.91 bits per heavy atom. The minimum absolute atomic E-state index is 0.0136. The number of hydrogen-bond acceptors (Lipinski definition) is 7. The third-order valence-electron chi connectivity index (χ3n) is 8.92. The van der Waals surface area contributed by atoms with Crippen LogP contribution in [-0.4, -0.2) is 56.9 Å². The SMILES string of the molecule is COc1cc([C@H]2C[C@@H]2c2cccc(Cl)c2)nc2cc(NCc3cn4cc(C5CC5)cc(N5CC(=O)N(C)C5=O)c4n3)ncc12. The van der Waals surface area contributed by atoms with E-state index in [1.165, 1.54) is 17.5 Å². The Kier molecular flexibility index (Phi) is 6.23. The number of pyridine rings is 3. The number of nitrogens with zero attached hydrogens (tertiary/aromatic N) is 6. The van der Waals surface area contributed by atoms with E-state index in [-0.39, 0.29) is 18.5 Å². The number of anilines is 2. The zero-order valence-corrected chi connectivity index (χ0v) is 25.1. The first-order valence-corrected chi connectivity index (χ1v) is 15.2. The lowest BCUT2D eigenvalue weighted by Crippen LogP contribution is -2.30. The number of likely N-dealkylation sites (N-methyl/N-ethyl adjacent to an activating group) is 1. The lowest BCUT2D eigenvalue weighted by atomic mass is 10.1. The van der Waals surface area contributed by atoms with Crippen molar-refractivity contribution in [3.05, 3.63) is 88.6 Å². The molecule has 222 valence electrons. The van der Waals surface area contributed by atoms with Crippen LogP contribution in [0.2, 0.25) is 5.02 Å². The molecule has 1 aromatic carbocycles. The van der Waals surface area contributed by atoms with Gasteiger partial charge in [-0.05, 0) is 60.4 Å². The average molecular weight is 608 g/mol. The second-order valence-electron chi connectivity index (χ2n) is 11.9. The normalized spacial score (nSPS) is 19.8. The maximum atomic E-state index is 12.9. The lowest BCUT2D eigenvalue weighted by molar-refractivity contribution is -0.123. The number of halogens is 1. The summed E-state index contributed by atoms with van der Waals surface area (Å²) in [6, 6.07) is 13.7. The highest BCUT2D eigenvalue weighted by Gasteiger charge is 2.41. The number of hydrogen-bond donors (Lipinski definition) is 1. The third kappa shape index (κ3) is 4.70. The zero-order valence-electron chi connectivity index (χ0n) is 24.3. The van der Waals surface area contributed by atoms with Crippen molar-refractivity contribution in [2.45, 2.75) is 43.6 Å². The molecule has 8 rings (SSSR count). The van der Waals surface area contributed by atoms with E-state index in [1.54, 1.807) is 13.3 Å². The van der Waals surface area contributed by atoms with Crippen molar-refractivity contribution in [2.24, 2.45) is 0 Å². The summed E-state index contributed by atoms with van der Waals surface area (Å²) in [6.45, 7) is 0.432. The molecule has 0 unspecified atom stereocenters. The van der Waals surface area contributed by atoms with Crippen molar-refractivity contribution in [2.75, 3.05) is 30.9 Å². The number of benzene rings is 1. The summed E-state index contributed by atoms with van der Waals surface area (Å²) in [4.78, 5) is 42.3. The van der Waals surface area contributed by atoms with Crippen molar-refractivity contribution in [1.29, 1.82) is 0 Å². The highest BCUT2D eigenvalue weighted by Crippen LogP contribution is 2.55. The van der Waals surface area contributed by atoms with Gasteiger partial charge in [0.15, 0.2) is 5.65 Å². The molecule has 2 atom stereocenters. The molecule has 3 amide bonds. The van der Waals surface area contributed by atoms with E-state index in [4.69, 9.17) is 26.3 Å². The number of nitrogens with one attached hydrogen (secondary N) is 1.